The number of unbranched alkanes of at least 4 members (excludes halogenated alkanes) is 2. The van der Waals surface area contributed by atoms with E-state index >= 15 is 0 Å². The molecule has 0 spiro atoms. The molecule has 2 aliphatic rings. The first-order valence-electron chi connectivity index (χ1n) is 17.2. The second-order valence-corrected chi connectivity index (χ2v) is 13.0. The van der Waals surface area contributed by atoms with Crippen LogP contribution in [0.1, 0.15) is 73.4 Å². The van der Waals surface area contributed by atoms with E-state index in [2.05, 4.69) is 157 Å². The molecule has 46 heavy (non-hydrogen) atoms. The fraction of sp³-hybridized carbons (Fsp3) is 0.227. The molecule has 228 valence electrons. The number of fused-ring (bicyclic) bond motifs is 7. The van der Waals surface area contributed by atoms with E-state index in [0.717, 1.165) is 12.8 Å². The summed E-state index contributed by atoms with van der Waals surface area (Å²) in [5, 5.41) is 1.34. The van der Waals surface area contributed by atoms with Crippen molar-refractivity contribution in [1.29, 1.82) is 0 Å². The summed E-state index contributed by atoms with van der Waals surface area (Å²) in [5.74, 6) is 0.242. The largest absolute Gasteiger partial charge is 0.333 e. The topological polar surface area (TPSA) is 8.17 Å². The summed E-state index contributed by atoms with van der Waals surface area (Å²) in [4.78, 5) is 2.57. The van der Waals surface area contributed by atoms with Crippen LogP contribution in [-0.4, -0.2) is 10.6 Å². The maximum Gasteiger partial charge on any atom is 0.0637 e. The Morgan fingerprint density at radius 1 is 0.630 bits per heavy atom. The van der Waals surface area contributed by atoms with Gasteiger partial charge in [-0.3, -0.25) is 0 Å². The SMILES string of the molecule is CCCCc1ccc(N2c3ccccc3C3c4c(n(-c5ccccc5-c5cccc(CCCC)c5)c5ccccc45)C=CC32)cc1. The Morgan fingerprint density at radius 2 is 1.35 bits per heavy atom. The van der Waals surface area contributed by atoms with Gasteiger partial charge in [0.2, 0.25) is 0 Å². The molecule has 0 N–H and O–H groups in total. The minimum absolute atomic E-state index is 0.219. The molecule has 1 aromatic heterocycles. The Morgan fingerprint density at radius 3 is 2.17 bits per heavy atom. The zero-order valence-electron chi connectivity index (χ0n) is 27.0. The van der Waals surface area contributed by atoms with Gasteiger partial charge in [0.25, 0.3) is 0 Å². The summed E-state index contributed by atoms with van der Waals surface area (Å²) in [6.45, 7) is 4.53. The van der Waals surface area contributed by atoms with Crippen LogP contribution in [-0.2, 0) is 12.8 Å². The third-order valence-electron chi connectivity index (χ3n) is 10.1. The fourth-order valence-corrected chi connectivity index (χ4v) is 7.92. The van der Waals surface area contributed by atoms with E-state index in [9.17, 15) is 0 Å². The molecule has 8 rings (SSSR count). The molecule has 0 fully saturated rings. The molecular formula is C44H42N2. The lowest BCUT2D eigenvalue weighted by Gasteiger charge is -2.31. The Bertz CT molecular complexity index is 2040. The molecule has 2 heteroatoms. The van der Waals surface area contributed by atoms with Crippen LogP contribution < -0.4 is 4.90 Å². The van der Waals surface area contributed by atoms with Gasteiger partial charge in [-0.15, -0.1) is 0 Å². The van der Waals surface area contributed by atoms with E-state index in [1.807, 2.05) is 0 Å². The number of aryl methyl sites for hydroxylation is 2. The van der Waals surface area contributed by atoms with Gasteiger partial charge in [-0.05, 0) is 89.9 Å². The molecule has 6 aromatic rings. The molecule has 2 atom stereocenters. The highest BCUT2D eigenvalue weighted by atomic mass is 15.2. The van der Waals surface area contributed by atoms with Crippen molar-refractivity contribution in [2.45, 2.75) is 64.3 Å². The van der Waals surface area contributed by atoms with Crippen LogP contribution in [0.25, 0.3) is 33.8 Å². The normalized spacial score (nSPS) is 16.4. The first kappa shape index (κ1) is 28.6. The molecule has 2 heterocycles. The molecule has 5 aromatic carbocycles. The quantitative estimate of drug-likeness (QED) is 0.161. The Labute approximate surface area is 273 Å². The van der Waals surface area contributed by atoms with Gasteiger partial charge >= 0.3 is 0 Å². The van der Waals surface area contributed by atoms with E-state index in [1.165, 1.54) is 92.7 Å². The molecule has 0 radical (unpaired) electrons. The van der Waals surface area contributed by atoms with Gasteiger partial charge in [0.1, 0.15) is 0 Å². The van der Waals surface area contributed by atoms with Crippen molar-refractivity contribution in [2.24, 2.45) is 0 Å². The zero-order valence-corrected chi connectivity index (χ0v) is 27.0. The lowest BCUT2D eigenvalue weighted by atomic mass is 9.82. The van der Waals surface area contributed by atoms with Gasteiger partial charge in [-0.25, -0.2) is 0 Å². The first-order valence-corrected chi connectivity index (χ1v) is 17.2. The van der Waals surface area contributed by atoms with Crippen LogP contribution in [0.15, 0.2) is 127 Å². The average molecular weight is 599 g/mol. The van der Waals surface area contributed by atoms with Gasteiger partial charge < -0.3 is 9.47 Å². The number of nitrogens with zero attached hydrogens (tertiary/aromatic N) is 2. The third-order valence-corrected chi connectivity index (χ3v) is 10.1. The van der Waals surface area contributed by atoms with E-state index in [-0.39, 0.29) is 12.0 Å². The van der Waals surface area contributed by atoms with Crippen LogP contribution in [0.2, 0.25) is 0 Å². The lowest BCUT2D eigenvalue weighted by Crippen LogP contribution is -2.30. The van der Waals surface area contributed by atoms with Gasteiger partial charge in [0.15, 0.2) is 0 Å². The number of benzene rings is 5. The minimum atomic E-state index is 0.219. The number of para-hydroxylation sites is 3. The van der Waals surface area contributed by atoms with Crippen LogP contribution in [0.4, 0.5) is 11.4 Å². The van der Waals surface area contributed by atoms with Crippen molar-refractivity contribution in [2.75, 3.05) is 4.90 Å². The number of rotatable bonds is 9. The monoisotopic (exact) mass is 598 g/mol. The molecule has 0 bridgehead atoms. The summed E-state index contributed by atoms with van der Waals surface area (Å²) in [6, 6.07) is 45.8. The van der Waals surface area contributed by atoms with Crippen LogP contribution in [0, 0.1) is 0 Å². The van der Waals surface area contributed by atoms with E-state index < -0.39 is 0 Å². The average Bonchev–Trinajstić information content (AvgIpc) is 3.63. The molecule has 0 saturated carbocycles. The smallest absolute Gasteiger partial charge is 0.0637 e. The minimum Gasteiger partial charge on any atom is -0.333 e. The molecule has 1 aliphatic heterocycles. The predicted octanol–water partition coefficient (Wildman–Crippen LogP) is 11.7. The fourth-order valence-electron chi connectivity index (χ4n) is 7.92. The molecule has 2 unspecified atom stereocenters. The molecule has 0 saturated heterocycles. The van der Waals surface area contributed by atoms with Crippen molar-refractivity contribution >= 4 is 28.4 Å². The zero-order chi connectivity index (χ0) is 31.0. The first-order chi connectivity index (χ1) is 22.8. The van der Waals surface area contributed by atoms with E-state index in [0.29, 0.717) is 0 Å². The third kappa shape index (κ3) is 4.79. The maximum absolute atomic E-state index is 2.57. The van der Waals surface area contributed by atoms with E-state index in [4.69, 9.17) is 0 Å². The summed E-state index contributed by atoms with van der Waals surface area (Å²) in [7, 11) is 0. The molecular weight excluding hydrogens is 556 g/mol. The Hall–Kier alpha value is -4.82. The van der Waals surface area contributed by atoms with Crippen molar-refractivity contribution in [1.82, 2.24) is 4.57 Å². The summed E-state index contributed by atoms with van der Waals surface area (Å²) >= 11 is 0. The van der Waals surface area contributed by atoms with Crippen LogP contribution in [0.5, 0.6) is 0 Å². The van der Waals surface area contributed by atoms with Gasteiger partial charge in [-0.1, -0.05) is 124 Å². The Kier molecular flexibility index (Phi) is 7.58. The van der Waals surface area contributed by atoms with Gasteiger partial charge in [-0.2, -0.15) is 0 Å². The predicted molar refractivity (Wildman–Crippen MR) is 196 cm³/mol. The van der Waals surface area contributed by atoms with Crippen LogP contribution in [0.3, 0.4) is 0 Å². The standard InChI is InChI=1S/C44H42N2/c1-3-5-14-31-24-26-34(27-25-31)45-39-22-11-8-19-36(39)43-41(45)28-29-42-44(43)37-20-9-12-23-40(37)46(42)38-21-10-7-18-35(38)33-17-13-16-32(30-33)15-6-4-2/h7-13,16-30,41,43H,3-6,14-15H2,1-2H3. The lowest BCUT2D eigenvalue weighted by molar-refractivity contribution is 0.725. The highest BCUT2D eigenvalue weighted by Gasteiger charge is 2.43. The maximum atomic E-state index is 2.57. The summed E-state index contributed by atoms with van der Waals surface area (Å²) in [6.07, 6.45) is 12.0. The van der Waals surface area contributed by atoms with E-state index in [1.54, 1.807) is 0 Å². The highest BCUT2D eigenvalue weighted by Crippen LogP contribution is 2.54. The number of hydrogen-bond acceptors (Lipinski definition) is 1. The van der Waals surface area contributed by atoms with Crippen molar-refractivity contribution in [3.63, 3.8) is 0 Å². The number of anilines is 2. The van der Waals surface area contributed by atoms with Crippen molar-refractivity contribution in [3.8, 4) is 16.8 Å². The van der Waals surface area contributed by atoms with Crippen LogP contribution >= 0.6 is 0 Å². The highest BCUT2D eigenvalue weighted by molar-refractivity contribution is 5.95. The molecule has 2 nitrogen and oxygen atoms in total. The van der Waals surface area contributed by atoms with Gasteiger partial charge in [0, 0.05) is 28.2 Å². The van der Waals surface area contributed by atoms with Gasteiger partial charge in [0.05, 0.1) is 22.9 Å². The molecule has 1 aliphatic carbocycles. The second-order valence-electron chi connectivity index (χ2n) is 13.0. The second kappa shape index (κ2) is 12.2. The number of hydrogen-bond donors (Lipinski definition) is 0. The van der Waals surface area contributed by atoms with Crippen molar-refractivity contribution < 1.29 is 0 Å². The Balaban J connectivity index is 1.28. The molecule has 0 amide bonds. The van der Waals surface area contributed by atoms with Crippen molar-refractivity contribution in [3.05, 3.63) is 155 Å². The summed E-state index contributed by atoms with van der Waals surface area (Å²) < 4.78 is 2.53. The number of aromatic nitrogens is 1. The summed E-state index contributed by atoms with van der Waals surface area (Å²) in [5.41, 5.74) is 14.6.